The van der Waals surface area contributed by atoms with E-state index in [4.69, 9.17) is 11.6 Å². The van der Waals surface area contributed by atoms with E-state index in [9.17, 15) is 5.11 Å². The molecule has 2 heterocycles. The van der Waals surface area contributed by atoms with Crippen LogP contribution in [0.3, 0.4) is 0 Å². The third kappa shape index (κ3) is 2.58. The number of nitrogens with zero attached hydrogens (tertiary/aromatic N) is 1. The third-order valence-electron chi connectivity index (χ3n) is 6.55. The van der Waals surface area contributed by atoms with Gasteiger partial charge in [0, 0.05) is 30.7 Å². The average molecular weight is 347 g/mol. The van der Waals surface area contributed by atoms with Gasteiger partial charge >= 0.3 is 0 Å². The van der Waals surface area contributed by atoms with Gasteiger partial charge in [-0.15, -0.1) is 0 Å². The molecule has 0 bridgehead atoms. The number of rotatable bonds is 3. The molecule has 3 nitrogen and oxygen atoms in total. The van der Waals surface area contributed by atoms with Crippen LogP contribution < -0.4 is 0 Å². The maximum absolute atomic E-state index is 11.1. The van der Waals surface area contributed by atoms with Crippen molar-refractivity contribution in [2.24, 2.45) is 11.8 Å². The summed E-state index contributed by atoms with van der Waals surface area (Å²) in [5.74, 6) is 0.869. The van der Waals surface area contributed by atoms with Crippen molar-refractivity contribution in [2.75, 3.05) is 13.1 Å². The Balaban J connectivity index is 1.51. The van der Waals surface area contributed by atoms with Gasteiger partial charge in [0.1, 0.15) is 0 Å². The summed E-state index contributed by atoms with van der Waals surface area (Å²) in [6, 6.07) is 6.08. The first-order chi connectivity index (χ1) is 11.5. The quantitative estimate of drug-likeness (QED) is 0.858. The number of aromatic nitrogens is 1. The Morgan fingerprint density at radius 3 is 2.79 bits per heavy atom. The number of aryl methyl sites for hydroxylation is 1. The number of hydrogen-bond acceptors (Lipinski definition) is 2. The number of halogens is 1. The average Bonchev–Trinajstić information content (AvgIpc) is 2.80. The summed E-state index contributed by atoms with van der Waals surface area (Å²) in [4.78, 5) is 6.00. The molecule has 1 aromatic heterocycles. The van der Waals surface area contributed by atoms with E-state index in [1.54, 1.807) is 0 Å². The van der Waals surface area contributed by atoms with E-state index < -0.39 is 5.60 Å². The minimum absolute atomic E-state index is 0.338. The van der Waals surface area contributed by atoms with E-state index in [-0.39, 0.29) is 0 Å². The smallest absolute Gasteiger partial charge is 0.0725 e. The molecule has 130 valence electrons. The Labute approximate surface area is 149 Å². The molecule has 2 atom stereocenters. The summed E-state index contributed by atoms with van der Waals surface area (Å²) in [5.41, 5.74) is 3.15. The molecule has 4 heteroatoms. The zero-order chi connectivity index (χ0) is 16.9. The van der Waals surface area contributed by atoms with Gasteiger partial charge < -0.3 is 10.1 Å². The summed E-state index contributed by atoms with van der Waals surface area (Å²) < 4.78 is 0. The van der Waals surface area contributed by atoms with Crippen LogP contribution in [-0.4, -0.2) is 33.7 Å². The molecule has 1 aromatic carbocycles. The van der Waals surface area contributed by atoms with Crippen molar-refractivity contribution in [3.8, 4) is 0 Å². The Hall–Kier alpha value is -1.03. The summed E-state index contributed by atoms with van der Waals surface area (Å²) in [7, 11) is 0. The number of aromatic amines is 1. The van der Waals surface area contributed by atoms with E-state index in [0.717, 1.165) is 36.6 Å². The molecule has 2 aromatic rings. The molecular formula is C20H27ClN2O. The van der Waals surface area contributed by atoms with E-state index in [1.165, 1.54) is 35.9 Å². The molecule has 2 aliphatic rings. The normalized spacial score (nSPS) is 29.1. The highest BCUT2D eigenvalue weighted by molar-refractivity contribution is 6.35. The molecule has 0 unspecified atom stereocenters. The van der Waals surface area contributed by atoms with Crippen LogP contribution in [-0.2, 0) is 6.54 Å². The molecule has 2 N–H and O–H groups in total. The number of hydrogen-bond donors (Lipinski definition) is 2. The highest BCUT2D eigenvalue weighted by atomic mass is 35.5. The van der Waals surface area contributed by atoms with Gasteiger partial charge in [0.25, 0.3) is 0 Å². The molecule has 24 heavy (non-hydrogen) atoms. The van der Waals surface area contributed by atoms with Crippen molar-refractivity contribution in [2.45, 2.75) is 51.7 Å². The van der Waals surface area contributed by atoms with Crippen LogP contribution in [0.5, 0.6) is 0 Å². The lowest BCUT2D eigenvalue weighted by molar-refractivity contribution is -0.128. The number of H-pyrrole nitrogens is 1. The van der Waals surface area contributed by atoms with Gasteiger partial charge in [-0.25, -0.2) is 0 Å². The van der Waals surface area contributed by atoms with Crippen molar-refractivity contribution in [3.63, 3.8) is 0 Å². The fourth-order valence-corrected chi connectivity index (χ4v) is 4.85. The molecule has 0 spiro atoms. The second kappa shape index (κ2) is 6.05. The van der Waals surface area contributed by atoms with Crippen molar-refractivity contribution < 1.29 is 5.11 Å². The first-order valence-electron chi connectivity index (χ1n) is 9.19. The molecule has 2 fully saturated rings. The first kappa shape index (κ1) is 16.4. The van der Waals surface area contributed by atoms with Gasteiger partial charge in [-0.2, -0.15) is 0 Å². The van der Waals surface area contributed by atoms with Gasteiger partial charge in [0.15, 0.2) is 0 Å². The molecule has 1 saturated carbocycles. The number of nitrogens with one attached hydrogen (secondary N) is 1. The van der Waals surface area contributed by atoms with Crippen LogP contribution in [0.2, 0.25) is 5.02 Å². The van der Waals surface area contributed by atoms with Gasteiger partial charge in [-0.3, -0.25) is 4.90 Å². The van der Waals surface area contributed by atoms with E-state index in [2.05, 4.69) is 29.8 Å². The highest BCUT2D eigenvalue weighted by Gasteiger charge is 2.46. The lowest BCUT2D eigenvalue weighted by Crippen LogP contribution is -2.56. The number of para-hydroxylation sites is 1. The summed E-state index contributed by atoms with van der Waals surface area (Å²) in [5, 5.41) is 13.1. The molecule has 1 saturated heterocycles. The van der Waals surface area contributed by atoms with Gasteiger partial charge in [0.05, 0.1) is 16.1 Å². The monoisotopic (exact) mass is 346 g/mol. The zero-order valence-electron chi connectivity index (χ0n) is 14.6. The fourth-order valence-electron chi connectivity index (χ4n) is 4.63. The largest absolute Gasteiger partial charge is 0.389 e. The zero-order valence-corrected chi connectivity index (χ0v) is 15.4. The van der Waals surface area contributed by atoms with Crippen molar-refractivity contribution in [1.82, 2.24) is 9.88 Å². The molecule has 4 rings (SSSR count). The Kier molecular flexibility index (Phi) is 4.14. The lowest BCUT2D eigenvalue weighted by Gasteiger charge is -2.50. The minimum Gasteiger partial charge on any atom is -0.389 e. The summed E-state index contributed by atoms with van der Waals surface area (Å²) in [6.45, 7) is 7.24. The number of aliphatic hydroxyl groups is 1. The predicted octanol–water partition coefficient (Wildman–Crippen LogP) is 4.50. The van der Waals surface area contributed by atoms with Crippen LogP contribution in [0, 0.1) is 18.8 Å². The third-order valence-corrected chi connectivity index (χ3v) is 6.87. The topological polar surface area (TPSA) is 39.3 Å². The van der Waals surface area contributed by atoms with Gasteiger partial charge in [-0.1, -0.05) is 37.1 Å². The van der Waals surface area contributed by atoms with Crippen LogP contribution >= 0.6 is 11.6 Å². The fraction of sp³-hybridized carbons (Fsp3) is 0.600. The van der Waals surface area contributed by atoms with Crippen LogP contribution in [0.25, 0.3) is 10.9 Å². The van der Waals surface area contributed by atoms with E-state index in [0.29, 0.717) is 11.8 Å². The molecule has 0 amide bonds. The molecule has 1 aliphatic heterocycles. The SMILES string of the molecule is Cc1c(CN2CC[C@@](O)(C3CCC3)[C@H](C)C2)[nH]c2c(Cl)cccc12. The minimum atomic E-state index is -0.437. The van der Waals surface area contributed by atoms with Crippen molar-refractivity contribution >= 4 is 22.5 Å². The summed E-state index contributed by atoms with van der Waals surface area (Å²) in [6.07, 6.45) is 4.61. The lowest BCUT2D eigenvalue weighted by atomic mass is 9.65. The van der Waals surface area contributed by atoms with Crippen molar-refractivity contribution in [1.29, 1.82) is 0 Å². The maximum Gasteiger partial charge on any atom is 0.0725 e. The number of likely N-dealkylation sites (tertiary alicyclic amines) is 1. The first-order valence-corrected chi connectivity index (χ1v) is 9.57. The second-order valence-corrected chi connectivity index (χ2v) is 8.30. The highest BCUT2D eigenvalue weighted by Crippen LogP contribution is 2.44. The van der Waals surface area contributed by atoms with Crippen LogP contribution in [0.4, 0.5) is 0 Å². The summed E-state index contributed by atoms with van der Waals surface area (Å²) >= 11 is 6.32. The predicted molar refractivity (Wildman–Crippen MR) is 99.4 cm³/mol. The molecule has 1 aliphatic carbocycles. The van der Waals surface area contributed by atoms with E-state index in [1.807, 2.05) is 12.1 Å². The van der Waals surface area contributed by atoms with Gasteiger partial charge in [-0.05, 0) is 49.7 Å². The Bertz CT molecular complexity index is 751. The van der Waals surface area contributed by atoms with Gasteiger partial charge in [0.2, 0.25) is 0 Å². The van der Waals surface area contributed by atoms with Crippen LogP contribution in [0.15, 0.2) is 18.2 Å². The number of piperidine rings is 1. The van der Waals surface area contributed by atoms with E-state index >= 15 is 0 Å². The van der Waals surface area contributed by atoms with Crippen molar-refractivity contribution in [3.05, 3.63) is 34.5 Å². The number of fused-ring (bicyclic) bond motifs is 1. The Morgan fingerprint density at radius 1 is 1.38 bits per heavy atom. The molecular weight excluding hydrogens is 320 g/mol. The van der Waals surface area contributed by atoms with Crippen LogP contribution in [0.1, 0.15) is 43.9 Å². The Morgan fingerprint density at radius 2 is 2.17 bits per heavy atom. The number of benzene rings is 1. The molecule has 0 radical (unpaired) electrons. The standard InChI is InChI=1S/C20H27ClN2O/c1-13-11-23(10-9-20(13,24)15-5-3-6-15)12-18-14(2)16-7-4-8-17(21)19(16)22-18/h4,7-8,13,15,22,24H,3,5-6,9-12H2,1-2H3/t13-,20+/m1/s1. The maximum atomic E-state index is 11.1. The second-order valence-electron chi connectivity index (χ2n) is 7.90.